The zero-order valence-corrected chi connectivity index (χ0v) is 12.8. The standard InChI is InChI=1S/C18H18O5/c1-12-15(18(20)22-10-13-5-3-2-4-6-13)7-8-16-17(12)23-14(9-19)11-21-16/h2-8,14,19H,9-11H2,1H3. The molecule has 0 radical (unpaired) electrons. The molecule has 2 aromatic carbocycles. The van der Waals surface area contributed by atoms with E-state index in [9.17, 15) is 9.90 Å². The highest BCUT2D eigenvalue weighted by Crippen LogP contribution is 2.37. The van der Waals surface area contributed by atoms with Crippen molar-refractivity contribution in [3.05, 3.63) is 59.2 Å². The summed E-state index contributed by atoms with van der Waals surface area (Å²) in [6.07, 6.45) is -0.420. The van der Waals surface area contributed by atoms with Gasteiger partial charge in [0.15, 0.2) is 17.6 Å². The summed E-state index contributed by atoms with van der Waals surface area (Å²) in [6, 6.07) is 12.9. The van der Waals surface area contributed by atoms with E-state index in [0.717, 1.165) is 5.56 Å². The van der Waals surface area contributed by atoms with Crippen LogP contribution in [0.15, 0.2) is 42.5 Å². The number of carbonyl (C=O) groups excluding carboxylic acids is 1. The Balaban J connectivity index is 1.76. The molecule has 3 rings (SSSR count). The maximum atomic E-state index is 12.3. The molecule has 1 unspecified atom stereocenters. The molecule has 1 atom stereocenters. The Bertz CT molecular complexity index is 696. The maximum Gasteiger partial charge on any atom is 0.338 e. The minimum absolute atomic E-state index is 0.137. The second-order valence-corrected chi connectivity index (χ2v) is 5.36. The van der Waals surface area contributed by atoms with Gasteiger partial charge in [0, 0.05) is 5.56 Å². The molecule has 1 N–H and O–H groups in total. The monoisotopic (exact) mass is 314 g/mol. The van der Waals surface area contributed by atoms with Crippen molar-refractivity contribution >= 4 is 5.97 Å². The zero-order valence-electron chi connectivity index (χ0n) is 12.8. The lowest BCUT2D eigenvalue weighted by molar-refractivity contribution is 0.0426. The molecule has 23 heavy (non-hydrogen) atoms. The lowest BCUT2D eigenvalue weighted by Crippen LogP contribution is -2.32. The number of hydrogen-bond donors (Lipinski definition) is 1. The molecule has 5 heteroatoms. The average molecular weight is 314 g/mol. The highest BCUT2D eigenvalue weighted by Gasteiger charge is 2.25. The first-order valence-corrected chi connectivity index (χ1v) is 7.44. The number of fused-ring (bicyclic) bond motifs is 1. The molecule has 1 aliphatic rings. The van der Waals surface area contributed by atoms with Gasteiger partial charge < -0.3 is 19.3 Å². The first-order valence-electron chi connectivity index (χ1n) is 7.44. The number of rotatable bonds is 4. The van der Waals surface area contributed by atoms with Gasteiger partial charge in [0.05, 0.1) is 12.2 Å². The molecule has 0 saturated heterocycles. The fraction of sp³-hybridized carbons (Fsp3) is 0.278. The van der Waals surface area contributed by atoms with Crippen molar-refractivity contribution < 1.29 is 24.1 Å². The van der Waals surface area contributed by atoms with Crippen molar-refractivity contribution in [3.63, 3.8) is 0 Å². The van der Waals surface area contributed by atoms with E-state index in [1.165, 1.54) is 0 Å². The summed E-state index contributed by atoms with van der Waals surface area (Å²) in [5.41, 5.74) is 2.01. The summed E-state index contributed by atoms with van der Waals surface area (Å²) in [5.74, 6) is 0.653. The molecular formula is C18H18O5. The van der Waals surface area contributed by atoms with E-state index in [2.05, 4.69) is 0 Å². The van der Waals surface area contributed by atoms with E-state index in [0.29, 0.717) is 29.2 Å². The average Bonchev–Trinajstić information content (AvgIpc) is 2.60. The summed E-state index contributed by atoms with van der Waals surface area (Å²) >= 11 is 0. The van der Waals surface area contributed by atoms with Crippen LogP contribution in [0.3, 0.4) is 0 Å². The predicted molar refractivity (Wildman–Crippen MR) is 83.7 cm³/mol. The third-order valence-corrected chi connectivity index (χ3v) is 3.72. The van der Waals surface area contributed by atoms with E-state index in [4.69, 9.17) is 14.2 Å². The molecule has 0 aromatic heterocycles. The Hall–Kier alpha value is -2.53. The van der Waals surface area contributed by atoms with Crippen LogP contribution in [0, 0.1) is 6.92 Å². The zero-order chi connectivity index (χ0) is 16.2. The third kappa shape index (κ3) is 3.29. The summed E-state index contributed by atoms with van der Waals surface area (Å²) in [5, 5.41) is 9.20. The van der Waals surface area contributed by atoms with Gasteiger partial charge in [-0.25, -0.2) is 4.79 Å². The van der Waals surface area contributed by atoms with Gasteiger partial charge in [-0.2, -0.15) is 0 Å². The summed E-state index contributed by atoms with van der Waals surface area (Å²) in [7, 11) is 0. The van der Waals surface area contributed by atoms with Crippen molar-refractivity contribution in [2.75, 3.05) is 13.2 Å². The largest absolute Gasteiger partial charge is 0.486 e. The molecule has 0 amide bonds. The third-order valence-electron chi connectivity index (χ3n) is 3.72. The van der Waals surface area contributed by atoms with Gasteiger partial charge in [0.1, 0.15) is 13.2 Å². The number of ether oxygens (including phenoxy) is 3. The van der Waals surface area contributed by atoms with Gasteiger partial charge >= 0.3 is 5.97 Å². The molecule has 0 bridgehead atoms. The molecule has 1 heterocycles. The van der Waals surface area contributed by atoms with Gasteiger partial charge in [0.25, 0.3) is 0 Å². The smallest absolute Gasteiger partial charge is 0.338 e. The van der Waals surface area contributed by atoms with E-state index >= 15 is 0 Å². The van der Waals surface area contributed by atoms with Crippen LogP contribution in [0.1, 0.15) is 21.5 Å². The minimum Gasteiger partial charge on any atom is -0.486 e. The van der Waals surface area contributed by atoms with E-state index < -0.39 is 12.1 Å². The van der Waals surface area contributed by atoms with Crippen LogP contribution in [0.5, 0.6) is 11.5 Å². The van der Waals surface area contributed by atoms with Crippen LogP contribution in [-0.2, 0) is 11.3 Å². The van der Waals surface area contributed by atoms with Gasteiger partial charge in [-0.15, -0.1) is 0 Å². The number of aliphatic hydroxyl groups is 1. The number of esters is 1. The van der Waals surface area contributed by atoms with Crippen molar-refractivity contribution in [2.45, 2.75) is 19.6 Å². The van der Waals surface area contributed by atoms with Gasteiger partial charge in [-0.3, -0.25) is 0 Å². The van der Waals surface area contributed by atoms with Gasteiger partial charge in [0.2, 0.25) is 0 Å². The summed E-state index contributed by atoms with van der Waals surface area (Å²) < 4.78 is 16.6. The Morgan fingerprint density at radius 3 is 2.78 bits per heavy atom. The molecule has 1 aliphatic heterocycles. The Morgan fingerprint density at radius 1 is 1.26 bits per heavy atom. The second-order valence-electron chi connectivity index (χ2n) is 5.36. The lowest BCUT2D eigenvalue weighted by atomic mass is 10.1. The number of aliphatic hydroxyl groups excluding tert-OH is 1. The second kappa shape index (κ2) is 6.71. The van der Waals surface area contributed by atoms with E-state index in [-0.39, 0.29) is 13.2 Å². The van der Waals surface area contributed by atoms with Crippen molar-refractivity contribution in [1.82, 2.24) is 0 Å². The van der Waals surface area contributed by atoms with Gasteiger partial charge in [-0.1, -0.05) is 30.3 Å². The number of benzene rings is 2. The van der Waals surface area contributed by atoms with E-state index in [1.807, 2.05) is 30.3 Å². The molecule has 0 spiro atoms. The van der Waals surface area contributed by atoms with Crippen molar-refractivity contribution in [3.8, 4) is 11.5 Å². The summed E-state index contributed by atoms with van der Waals surface area (Å²) in [4.78, 5) is 12.3. The maximum absolute atomic E-state index is 12.3. The topological polar surface area (TPSA) is 65.0 Å². The SMILES string of the molecule is Cc1c(C(=O)OCc2ccccc2)ccc2c1OC(CO)CO2. The normalized spacial score (nSPS) is 16.0. The highest BCUT2D eigenvalue weighted by atomic mass is 16.6. The fourth-order valence-electron chi connectivity index (χ4n) is 2.42. The lowest BCUT2D eigenvalue weighted by Gasteiger charge is -2.27. The van der Waals surface area contributed by atoms with Crippen LogP contribution >= 0.6 is 0 Å². The molecule has 0 aliphatic carbocycles. The predicted octanol–water partition coefficient (Wildman–Crippen LogP) is 2.48. The fourth-order valence-corrected chi connectivity index (χ4v) is 2.42. The van der Waals surface area contributed by atoms with Crippen LogP contribution in [0.4, 0.5) is 0 Å². The minimum atomic E-state index is -0.420. The Labute approximate surface area is 134 Å². The van der Waals surface area contributed by atoms with E-state index in [1.54, 1.807) is 19.1 Å². The molecular weight excluding hydrogens is 296 g/mol. The van der Waals surface area contributed by atoms with Crippen molar-refractivity contribution in [2.24, 2.45) is 0 Å². The molecule has 5 nitrogen and oxygen atoms in total. The molecule has 0 saturated carbocycles. The van der Waals surface area contributed by atoms with Gasteiger partial charge in [-0.05, 0) is 24.6 Å². The van der Waals surface area contributed by atoms with Crippen LogP contribution in [0.25, 0.3) is 0 Å². The first-order chi connectivity index (χ1) is 11.2. The Kier molecular flexibility index (Phi) is 4.48. The molecule has 120 valence electrons. The van der Waals surface area contributed by atoms with Crippen molar-refractivity contribution in [1.29, 1.82) is 0 Å². The Morgan fingerprint density at radius 2 is 2.04 bits per heavy atom. The van der Waals surface area contributed by atoms with Crippen LogP contribution < -0.4 is 9.47 Å². The quantitative estimate of drug-likeness (QED) is 0.878. The molecule has 2 aromatic rings. The van der Waals surface area contributed by atoms with Crippen LogP contribution in [0.2, 0.25) is 0 Å². The highest BCUT2D eigenvalue weighted by molar-refractivity contribution is 5.92. The number of carbonyl (C=O) groups is 1. The van der Waals surface area contributed by atoms with Crippen LogP contribution in [-0.4, -0.2) is 30.4 Å². The first kappa shape index (κ1) is 15.4. The molecule has 0 fully saturated rings. The summed E-state index contributed by atoms with van der Waals surface area (Å²) in [6.45, 7) is 2.15. The number of hydrogen-bond acceptors (Lipinski definition) is 5.